The number of carbonyl (C=O) groups is 9. The van der Waals surface area contributed by atoms with Crippen molar-refractivity contribution in [3.8, 4) is 5.75 Å². The Morgan fingerprint density at radius 3 is 1.71 bits per heavy atom. The summed E-state index contributed by atoms with van der Waals surface area (Å²) in [6.07, 6.45) is 0.474. The average Bonchev–Trinajstić information content (AvgIpc) is 3.87. The molecule has 0 unspecified atom stereocenters. The van der Waals surface area contributed by atoms with E-state index in [1.165, 1.54) is 35.2 Å². The van der Waals surface area contributed by atoms with Crippen molar-refractivity contribution in [1.82, 2.24) is 42.1 Å². The van der Waals surface area contributed by atoms with Crippen LogP contribution >= 0.6 is 0 Å². The predicted molar refractivity (Wildman–Crippen MR) is 286 cm³/mol. The summed E-state index contributed by atoms with van der Waals surface area (Å²) in [6.45, 7) is 13.3. The lowest BCUT2D eigenvalue weighted by atomic mass is 9.99. The van der Waals surface area contributed by atoms with Gasteiger partial charge >= 0.3 is 5.97 Å². The topological polar surface area (TPSA) is 308 Å². The molecule has 3 aromatic rings. The first-order valence-corrected chi connectivity index (χ1v) is 26.4. The molecule has 8 atom stereocenters. The highest BCUT2D eigenvalue weighted by atomic mass is 19.2. The van der Waals surface area contributed by atoms with E-state index in [1.807, 2.05) is 27.7 Å². The van der Waals surface area contributed by atoms with Crippen LogP contribution in [0.15, 0.2) is 72.8 Å². The Hall–Kier alpha value is -7.49. The molecule has 0 bridgehead atoms. The molecule has 1 saturated heterocycles. The molecule has 1 aliphatic rings. The first-order valence-electron chi connectivity index (χ1n) is 26.4. The summed E-state index contributed by atoms with van der Waals surface area (Å²) >= 11 is 0. The Labute approximate surface area is 454 Å². The summed E-state index contributed by atoms with van der Waals surface area (Å²) in [5.41, 5.74) is 7.39. The van der Waals surface area contributed by atoms with E-state index in [0.29, 0.717) is 24.0 Å². The van der Waals surface area contributed by atoms with Crippen LogP contribution in [0.3, 0.4) is 0 Å². The van der Waals surface area contributed by atoms with E-state index < -0.39 is 138 Å². The number of halogens is 2. The molecule has 0 spiro atoms. The molecule has 1 aliphatic heterocycles. The third-order valence-electron chi connectivity index (χ3n) is 13.1. The Kier molecular flexibility index (Phi) is 24.1. The molecule has 0 aliphatic carbocycles. The van der Waals surface area contributed by atoms with E-state index in [2.05, 4.69) is 37.2 Å². The third-order valence-corrected chi connectivity index (χ3v) is 13.1. The lowest BCUT2D eigenvalue weighted by Gasteiger charge is -2.31. The van der Waals surface area contributed by atoms with Gasteiger partial charge < -0.3 is 58.1 Å². The molecule has 0 saturated carbocycles. The number of nitrogens with one attached hydrogen (secondary N) is 7. The summed E-state index contributed by atoms with van der Waals surface area (Å²) in [4.78, 5) is 124. The summed E-state index contributed by atoms with van der Waals surface area (Å²) in [7, 11) is 0. The highest BCUT2D eigenvalue weighted by molar-refractivity contribution is 5.98. The number of aromatic hydroxyl groups is 1. The van der Waals surface area contributed by atoms with Gasteiger partial charge in [0.05, 0.1) is 12.6 Å². The molecule has 0 radical (unpaired) electrons. The summed E-state index contributed by atoms with van der Waals surface area (Å²) in [5, 5.41) is 38.0. The van der Waals surface area contributed by atoms with Gasteiger partial charge in [-0.15, -0.1) is 0 Å². The van der Waals surface area contributed by atoms with Gasteiger partial charge in [0, 0.05) is 25.8 Å². The highest BCUT2D eigenvalue weighted by Crippen LogP contribution is 2.22. The molecule has 1 heterocycles. The van der Waals surface area contributed by atoms with Crippen LogP contribution in [-0.4, -0.2) is 130 Å². The van der Waals surface area contributed by atoms with Crippen molar-refractivity contribution in [3.63, 3.8) is 0 Å². The Bertz CT molecular complexity index is 2570. The van der Waals surface area contributed by atoms with E-state index in [0.717, 1.165) is 12.1 Å². The maximum absolute atomic E-state index is 14.6. The molecule has 78 heavy (non-hydrogen) atoms. The van der Waals surface area contributed by atoms with Crippen molar-refractivity contribution in [2.24, 2.45) is 29.4 Å². The SMILES string of the molecule is CC(C)C[C@H](NC(=O)[C@@H](N)CC(C)C)C(=O)N[C@@H](Cc1ccccc1)C(=O)NCC(=O)N[C@@H](Cc1ccc(F)c(F)c1)C(=O)N1CCC[C@H]1C(=O)N[C@H](C(=O)N[C@@H](Cc1ccc(O)cc1)C(=O)N[C@H](C(=O)O)C(C)C)C(C)C. The fourth-order valence-corrected chi connectivity index (χ4v) is 8.96. The number of nitrogens with zero attached hydrogens (tertiary/aromatic N) is 1. The Morgan fingerprint density at radius 2 is 1.13 bits per heavy atom. The van der Waals surface area contributed by atoms with Crippen LogP contribution in [0.1, 0.15) is 97.8 Å². The van der Waals surface area contributed by atoms with E-state index in [-0.39, 0.29) is 55.4 Å². The Morgan fingerprint density at radius 1 is 0.590 bits per heavy atom. The van der Waals surface area contributed by atoms with Crippen LogP contribution in [0, 0.1) is 35.3 Å². The zero-order chi connectivity index (χ0) is 58.0. The minimum Gasteiger partial charge on any atom is -0.508 e. The number of phenolic OH excluding ortho intramolecular Hbond substituents is 1. The first kappa shape index (κ1) is 63.0. The molecule has 426 valence electrons. The summed E-state index contributed by atoms with van der Waals surface area (Å²) in [5.74, 6) is -10.9. The quantitative estimate of drug-likeness (QED) is 0.0502. The summed E-state index contributed by atoms with van der Waals surface area (Å²) < 4.78 is 28.7. The van der Waals surface area contributed by atoms with Crippen LogP contribution < -0.4 is 43.0 Å². The van der Waals surface area contributed by atoms with Crippen LogP contribution in [0.5, 0.6) is 5.75 Å². The molecule has 1 fully saturated rings. The third kappa shape index (κ3) is 19.5. The molecular formula is C56H77F2N9O11. The molecule has 0 aromatic heterocycles. The zero-order valence-corrected chi connectivity index (χ0v) is 45.6. The second-order valence-electron chi connectivity index (χ2n) is 21.4. The minimum absolute atomic E-state index is 0.00853. The van der Waals surface area contributed by atoms with Crippen LogP contribution in [0.25, 0.3) is 0 Å². The number of phenols is 1. The van der Waals surface area contributed by atoms with Crippen molar-refractivity contribution in [2.75, 3.05) is 13.1 Å². The number of aliphatic carboxylic acids is 1. The van der Waals surface area contributed by atoms with Gasteiger partial charge in [-0.3, -0.25) is 38.4 Å². The monoisotopic (exact) mass is 1090 g/mol. The number of carboxylic acids is 1. The predicted octanol–water partition coefficient (Wildman–Crippen LogP) is 2.53. The molecule has 8 amide bonds. The number of rotatable bonds is 28. The van der Waals surface area contributed by atoms with E-state index in [4.69, 9.17) is 5.73 Å². The van der Waals surface area contributed by atoms with Crippen LogP contribution in [-0.2, 0) is 62.4 Å². The van der Waals surface area contributed by atoms with Gasteiger partial charge in [-0.2, -0.15) is 0 Å². The van der Waals surface area contributed by atoms with Crippen LogP contribution in [0.2, 0.25) is 0 Å². The highest BCUT2D eigenvalue weighted by Gasteiger charge is 2.40. The fourth-order valence-electron chi connectivity index (χ4n) is 8.96. The number of nitrogens with two attached hydrogens (primary N) is 1. The van der Waals surface area contributed by atoms with E-state index in [1.54, 1.807) is 58.0 Å². The normalized spacial score (nSPS) is 16.0. The maximum atomic E-state index is 14.6. The second-order valence-corrected chi connectivity index (χ2v) is 21.4. The molecule has 3 aromatic carbocycles. The molecule has 20 nitrogen and oxygen atoms in total. The van der Waals surface area contributed by atoms with Gasteiger partial charge in [0.15, 0.2) is 11.6 Å². The molecular weight excluding hydrogens is 1010 g/mol. The zero-order valence-electron chi connectivity index (χ0n) is 45.6. The number of amides is 8. The standard InChI is InChI=1S/C56H77F2N9O11/c1-30(2)23-40(59)49(70)62-41(24-31(3)4)51(72)63-42(26-34-13-10-9-11-14-34)50(71)60-29-46(69)61-44(28-36-18-21-38(57)39(58)25-36)55(76)67-22-12-15-45(67)53(74)65-47(32(5)6)54(75)64-43(27-35-16-19-37(68)20-17-35)52(73)66-48(33(7)8)56(77)78/h9-11,13-14,16-21,25,30-33,40-45,47-48,68H,12,15,22-24,26-29,59H2,1-8H3,(H,60,71)(H,61,69)(H,62,70)(H,63,72)(H,64,75)(H,65,74)(H,66,73)(H,77,78)/t40-,41-,42-,43-,44-,45-,47-,48-/m0/s1. The number of carbonyl (C=O) groups excluding carboxylic acids is 8. The van der Waals surface area contributed by atoms with Crippen molar-refractivity contribution >= 4 is 53.2 Å². The summed E-state index contributed by atoms with van der Waals surface area (Å²) in [6, 6.07) is 7.60. The lowest BCUT2D eigenvalue weighted by molar-refractivity contribution is -0.143. The fraction of sp³-hybridized carbons (Fsp3) is 0.518. The molecule has 22 heteroatoms. The Balaban J connectivity index is 1.55. The second kappa shape index (κ2) is 29.9. The van der Waals surface area contributed by atoms with Crippen molar-refractivity contribution in [3.05, 3.63) is 101 Å². The van der Waals surface area contributed by atoms with Gasteiger partial charge in [0.25, 0.3) is 0 Å². The number of carboxylic acid groups (broad SMARTS) is 1. The first-order chi connectivity index (χ1) is 36.7. The smallest absolute Gasteiger partial charge is 0.326 e. The number of likely N-dealkylation sites (tertiary alicyclic amines) is 1. The van der Waals surface area contributed by atoms with Gasteiger partial charge in [-0.25, -0.2) is 13.6 Å². The van der Waals surface area contributed by atoms with Gasteiger partial charge in [0.1, 0.15) is 48.0 Å². The number of hydrogen-bond acceptors (Lipinski definition) is 11. The van der Waals surface area contributed by atoms with E-state index >= 15 is 0 Å². The van der Waals surface area contributed by atoms with Gasteiger partial charge in [-0.05, 0) is 90.3 Å². The largest absolute Gasteiger partial charge is 0.508 e. The lowest BCUT2D eigenvalue weighted by Crippen LogP contribution is -2.60. The minimum atomic E-state index is -1.52. The van der Waals surface area contributed by atoms with Crippen molar-refractivity contribution in [1.29, 1.82) is 0 Å². The average molecular weight is 1090 g/mol. The number of hydrogen-bond donors (Lipinski definition) is 10. The van der Waals surface area contributed by atoms with Crippen molar-refractivity contribution in [2.45, 2.75) is 149 Å². The molecule has 4 rings (SSSR count). The van der Waals surface area contributed by atoms with Gasteiger partial charge in [0.2, 0.25) is 47.3 Å². The van der Waals surface area contributed by atoms with Crippen molar-refractivity contribution < 1.29 is 62.1 Å². The number of benzene rings is 3. The molecule has 11 N–H and O–H groups in total. The van der Waals surface area contributed by atoms with Gasteiger partial charge in [-0.1, -0.05) is 104 Å². The van der Waals surface area contributed by atoms with E-state index in [9.17, 15) is 62.1 Å². The van der Waals surface area contributed by atoms with Crippen LogP contribution in [0.4, 0.5) is 8.78 Å². The maximum Gasteiger partial charge on any atom is 0.326 e.